The van der Waals surface area contributed by atoms with Gasteiger partial charge in [-0.3, -0.25) is 14.5 Å². The molecule has 0 aromatic heterocycles. The van der Waals surface area contributed by atoms with Crippen LogP contribution in [0.5, 0.6) is 11.5 Å². The van der Waals surface area contributed by atoms with E-state index >= 15 is 0 Å². The molecule has 0 unspecified atom stereocenters. The van der Waals surface area contributed by atoms with E-state index in [-0.39, 0.29) is 11.8 Å². The van der Waals surface area contributed by atoms with Crippen LogP contribution in [0, 0.1) is 12.3 Å². The van der Waals surface area contributed by atoms with E-state index < -0.39 is 5.91 Å². The molecule has 1 aromatic carbocycles. The van der Waals surface area contributed by atoms with E-state index in [2.05, 4.69) is 21.9 Å². The van der Waals surface area contributed by atoms with Gasteiger partial charge in [0.1, 0.15) is 11.5 Å². The minimum Gasteiger partial charge on any atom is -0.493 e. The van der Waals surface area contributed by atoms with Crippen molar-refractivity contribution in [2.24, 2.45) is 0 Å². The van der Waals surface area contributed by atoms with Gasteiger partial charge < -0.3 is 9.47 Å². The van der Waals surface area contributed by atoms with Gasteiger partial charge in [-0.1, -0.05) is 5.92 Å². The molecule has 24 heavy (non-hydrogen) atoms. The Balaban J connectivity index is 2.41. The molecule has 0 aliphatic carbocycles. The topological polar surface area (TPSA) is 55.8 Å². The second kappa shape index (κ2) is 8.27. The second-order valence-corrected chi connectivity index (χ2v) is 6.51. The third-order valence-electron chi connectivity index (χ3n) is 3.07. The van der Waals surface area contributed by atoms with Crippen molar-refractivity contribution in [2.75, 3.05) is 19.8 Å². The monoisotopic (exact) mass is 409 g/mol. The zero-order valence-electron chi connectivity index (χ0n) is 13.3. The normalized spacial score (nSPS) is 15.8. The third kappa shape index (κ3) is 3.94. The molecule has 0 radical (unpaired) electrons. The number of benzene rings is 1. The van der Waals surface area contributed by atoms with Gasteiger partial charge in [0.15, 0.2) is 0 Å². The summed E-state index contributed by atoms with van der Waals surface area (Å²) in [5.74, 6) is 3.15. The highest BCUT2D eigenvalue weighted by molar-refractivity contribution is 9.10. The van der Waals surface area contributed by atoms with Gasteiger partial charge in [0.2, 0.25) is 0 Å². The number of rotatable bonds is 6. The van der Waals surface area contributed by atoms with Crippen LogP contribution in [-0.2, 0) is 4.79 Å². The van der Waals surface area contributed by atoms with Gasteiger partial charge in [-0.05, 0) is 53.7 Å². The van der Waals surface area contributed by atoms with Gasteiger partial charge >= 0.3 is 0 Å². The van der Waals surface area contributed by atoms with Crippen molar-refractivity contribution < 1.29 is 19.1 Å². The lowest BCUT2D eigenvalue weighted by molar-refractivity contribution is -0.122. The maximum atomic E-state index is 12.3. The van der Waals surface area contributed by atoms with Gasteiger partial charge in [-0.2, -0.15) is 0 Å². The van der Waals surface area contributed by atoms with Gasteiger partial charge in [-0.15, -0.1) is 6.42 Å². The van der Waals surface area contributed by atoms with E-state index in [0.29, 0.717) is 35.2 Å². The maximum absolute atomic E-state index is 12.3. The summed E-state index contributed by atoms with van der Waals surface area (Å²) in [6.45, 7) is 4.71. The van der Waals surface area contributed by atoms with Crippen LogP contribution >= 0.6 is 27.7 Å². The number of amides is 2. The first-order chi connectivity index (χ1) is 11.5. The van der Waals surface area contributed by atoms with Crippen molar-refractivity contribution in [2.45, 2.75) is 13.8 Å². The molecule has 0 saturated carbocycles. The van der Waals surface area contributed by atoms with E-state index in [4.69, 9.17) is 15.9 Å². The van der Waals surface area contributed by atoms with Crippen molar-refractivity contribution in [3.05, 3.63) is 27.1 Å². The van der Waals surface area contributed by atoms with E-state index in [1.54, 1.807) is 18.2 Å². The molecule has 5 nitrogen and oxygen atoms in total. The average Bonchev–Trinajstić information content (AvgIpc) is 2.80. The van der Waals surface area contributed by atoms with Crippen LogP contribution in [0.25, 0.3) is 6.08 Å². The smallest absolute Gasteiger partial charge is 0.294 e. The second-order valence-electron chi connectivity index (χ2n) is 4.66. The lowest BCUT2D eigenvalue weighted by Crippen LogP contribution is -2.28. The molecule has 1 aliphatic rings. The number of terminal acetylenes is 1. The fraction of sp³-hybridized carbons (Fsp3) is 0.294. The first kappa shape index (κ1) is 18.4. The summed E-state index contributed by atoms with van der Waals surface area (Å²) < 4.78 is 11.9. The maximum Gasteiger partial charge on any atom is 0.294 e. The van der Waals surface area contributed by atoms with Crippen LogP contribution in [0.3, 0.4) is 0 Å². The van der Waals surface area contributed by atoms with Crippen LogP contribution in [0.2, 0.25) is 0 Å². The molecule has 7 heteroatoms. The largest absolute Gasteiger partial charge is 0.493 e. The Morgan fingerprint density at radius 2 is 1.92 bits per heavy atom. The highest BCUT2D eigenvalue weighted by Crippen LogP contribution is 2.38. The predicted molar refractivity (Wildman–Crippen MR) is 98.0 cm³/mol. The van der Waals surface area contributed by atoms with Gasteiger partial charge in [0.25, 0.3) is 11.1 Å². The first-order valence-electron chi connectivity index (χ1n) is 7.29. The Bertz CT molecular complexity index is 739. The molecular formula is C17H16BrNO4S. The van der Waals surface area contributed by atoms with E-state index in [1.807, 2.05) is 13.8 Å². The molecular weight excluding hydrogens is 394 g/mol. The van der Waals surface area contributed by atoms with Crippen LogP contribution in [0.15, 0.2) is 21.5 Å². The summed E-state index contributed by atoms with van der Waals surface area (Å²) in [6.07, 6.45) is 6.83. The Labute approximate surface area is 153 Å². The van der Waals surface area contributed by atoms with Gasteiger partial charge in [0.05, 0.1) is 29.1 Å². The molecule has 2 amide bonds. The minimum absolute atomic E-state index is 0.0344. The van der Waals surface area contributed by atoms with Crippen molar-refractivity contribution in [1.29, 1.82) is 0 Å². The SMILES string of the molecule is C#CCN1C(=O)SC(=Cc2cc(Br)c(OCC)cc2OCC)C1=O. The van der Waals surface area contributed by atoms with Crippen molar-refractivity contribution in [3.63, 3.8) is 0 Å². The van der Waals surface area contributed by atoms with Crippen molar-refractivity contribution >= 4 is 44.9 Å². The van der Waals surface area contributed by atoms with E-state index in [0.717, 1.165) is 21.1 Å². The highest BCUT2D eigenvalue weighted by atomic mass is 79.9. The number of nitrogens with zero attached hydrogens (tertiary/aromatic N) is 1. The molecule has 2 rings (SSSR count). The molecule has 1 aliphatic heterocycles. The fourth-order valence-corrected chi connectivity index (χ4v) is 3.38. The van der Waals surface area contributed by atoms with E-state index in [9.17, 15) is 9.59 Å². The molecule has 1 fully saturated rings. The Morgan fingerprint density at radius 1 is 1.25 bits per heavy atom. The molecule has 126 valence electrons. The molecule has 0 bridgehead atoms. The van der Waals surface area contributed by atoms with Crippen LogP contribution in [0.4, 0.5) is 4.79 Å². The Morgan fingerprint density at radius 3 is 2.54 bits per heavy atom. The molecule has 0 atom stereocenters. The van der Waals surface area contributed by atoms with Crippen molar-refractivity contribution in [1.82, 2.24) is 4.90 Å². The molecule has 0 N–H and O–H groups in total. The lowest BCUT2D eigenvalue weighted by Gasteiger charge is -2.12. The number of imide groups is 1. The van der Waals surface area contributed by atoms with Gasteiger partial charge in [-0.25, -0.2) is 0 Å². The zero-order chi connectivity index (χ0) is 17.7. The molecule has 1 saturated heterocycles. The number of carbonyl (C=O) groups is 2. The van der Waals surface area contributed by atoms with E-state index in [1.165, 1.54) is 0 Å². The number of hydrogen-bond donors (Lipinski definition) is 0. The summed E-state index contributed by atoms with van der Waals surface area (Å²) in [5, 5.41) is -0.368. The number of carbonyl (C=O) groups excluding carboxylic acids is 2. The summed E-state index contributed by atoms with van der Waals surface area (Å²) in [7, 11) is 0. The number of ether oxygens (including phenoxy) is 2. The summed E-state index contributed by atoms with van der Waals surface area (Å²) >= 11 is 4.31. The summed E-state index contributed by atoms with van der Waals surface area (Å²) in [4.78, 5) is 25.5. The predicted octanol–water partition coefficient (Wildman–Crippen LogP) is 3.92. The summed E-state index contributed by atoms with van der Waals surface area (Å²) in [6, 6.07) is 3.56. The van der Waals surface area contributed by atoms with Crippen LogP contribution < -0.4 is 9.47 Å². The lowest BCUT2D eigenvalue weighted by atomic mass is 10.1. The van der Waals surface area contributed by atoms with Gasteiger partial charge in [0, 0.05) is 11.6 Å². The quantitative estimate of drug-likeness (QED) is 0.526. The standard InChI is InChI=1S/C17H16BrNO4S/c1-4-7-19-16(20)15(24-17(19)21)9-11-8-12(18)14(23-6-3)10-13(11)22-5-2/h1,8-10H,5-7H2,2-3H3. The molecule has 1 aromatic rings. The first-order valence-corrected chi connectivity index (χ1v) is 8.90. The highest BCUT2D eigenvalue weighted by Gasteiger charge is 2.34. The van der Waals surface area contributed by atoms with Crippen LogP contribution in [0.1, 0.15) is 19.4 Å². The number of hydrogen-bond acceptors (Lipinski definition) is 5. The number of halogens is 1. The molecule has 1 heterocycles. The summed E-state index contributed by atoms with van der Waals surface area (Å²) in [5.41, 5.74) is 0.679. The zero-order valence-corrected chi connectivity index (χ0v) is 15.7. The Hall–Kier alpha value is -1.91. The van der Waals surface area contributed by atoms with Crippen molar-refractivity contribution in [3.8, 4) is 23.8 Å². The Kier molecular flexibility index (Phi) is 6.35. The third-order valence-corrected chi connectivity index (χ3v) is 4.60. The number of thioether (sulfide) groups is 1. The minimum atomic E-state index is -0.393. The molecule has 0 spiro atoms. The van der Waals surface area contributed by atoms with Crippen LogP contribution in [-0.4, -0.2) is 35.8 Å². The fourth-order valence-electron chi connectivity index (χ4n) is 2.08. The average molecular weight is 410 g/mol.